The van der Waals surface area contributed by atoms with Gasteiger partial charge in [0.1, 0.15) is 11.5 Å². The minimum absolute atomic E-state index is 0.250. The van der Waals surface area contributed by atoms with Gasteiger partial charge in [-0.15, -0.1) is 6.58 Å². The number of H-pyrrole nitrogens is 1. The summed E-state index contributed by atoms with van der Waals surface area (Å²) < 4.78 is 7.74. The van der Waals surface area contributed by atoms with Crippen molar-refractivity contribution in [3.8, 4) is 10.7 Å². The standard InChI is InChI=1S/C16H17N5O2S2/c1-5-6-21-13(19-20-16(21)24)12-9(3)17-15(25-12)18-14(22)11-7-8(2)23-10(11)4/h5,7H,1,6H2,2-4H3,(H,20,24)(H,17,18,22). The van der Waals surface area contributed by atoms with Crippen LogP contribution in [-0.2, 0) is 6.54 Å². The number of aryl methyl sites for hydroxylation is 3. The number of thiazole rings is 1. The number of aromatic amines is 1. The Bertz CT molecular complexity index is 1010. The molecule has 0 aliphatic heterocycles. The third-order valence-electron chi connectivity index (χ3n) is 3.58. The number of aromatic nitrogens is 4. The molecule has 0 aliphatic carbocycles. The Labute approximate surface area is 153 Å². The van der Waals surface area contributed by atoms with Crippen molar-refractivity contribution < 1.29 is 9.21 Å². The fraction of sp³-hybridized carbons (Fsp3) is 0.250. The molecule has 1 amide bonds. The molecule has 3 aromatic rings. The maximum atomic E-state index is 12.4. The molecule has 0 saturated carbocycles. The summed E-state index contributed by atoms with van der Waals surface area (Å²) in [6, 6.07) is 1.71. The quantitative estimate of drug-likeness (QED) is 0.519. The van der Waals surface area contributed by atoms with E-state index in [1.807, 2.05) is 11.5 Å². The van der Waals surface area contributed by atoms with Crippen LogP contribution >= 0.6 is 23.6 Å². The first kappa shape index (κ1) is 17.3. The van der Waals surface area contributed by atoms with Gasteiger partial charge in [0.15, 0.2) is 15.7 Å². The van der Waals surface area contributed by atoms with E-state index >= 15 is 0 Å². The van der Waals surface area contributed by atoms with Crippen molar-refractivity contribution in [2.24, 2.45) is 0 Å². The van der Waals surface area contributed by atoms with Crippen molar-refractivity contribution in [1.82, 2.24) is 19.7 Å². The molecule has 0 atom stereocenters. The Morgan fingerprint density at radius 2 is 2.28 bits per heavy atom. The molecule has 0 radical (unpaired) electrons. The summed E-state index contributed by atoms with van der Waals surface area (Å²) in [6.45, 7) is 9.70. The SMILES string of the molecule is C=CCn1c(-c2sc(NC(=O)c3cc(C)oc3C)nc2C)n[nH]c1=S. The van der Waals surface area contributed by atoms with Crippen LogP contribution in [0.4, 0.5) is 5.13 Å². The number of amides is 1. The van der Waals surface area contributed by atoms with Crippen LogP contribution in [0.15, 0.2) is 23.1 Å². The van der Waals surface area contributed by atoms with E-state index in [1.165, 1.54) is 11.3 Å². The van der Waals surface area contributed by atoms with Crippen molar-refractivity contribution in [3.05, 3.63) is 46.3 Å². The van der Waals surface area contributed by atoms with Gasteiger partial charge in [-0.2, -0.15) is 5.10 Å². The van der Waals surface area contributed by atoms with E-state index in [2.05, 4.69) is 27.1 Å². The molecule has 3 heterocycles. The van der Waals surface area contributed by atoms with Gasteiger partial charge < -0.3 is 4.42 Å². The summed E-state index contributed by atoms with van der Waals surface area (Å²) in [4.78, 5) is 17.7. The second kappa shape index (κ2) is 6.77. The smallest absolute Gasteiger partial charge is 0.260 e. The fourth-order valence-electron chi connectivity index (χ4n) is 2.47. The molecule has 3 aromatic heterocycles. The first-order valence-corrected chi connectivity index (χ1v) is 8.75. The molecule has 9 heteroatoms. The average molecular weight is 375 g/mol. The predicted octanol–water partition coefficient (Wildman–Crippen LogP) is 4.02. The molecule has 0 saturated heterocycles. The Balaban J connectivity index is 1.91. The Morgan fingerprint density at radius 1 is 1.52 bits per heavy atom. The van der Waals surface area contributed by atoms with E-state index in [1.54, 1.807) is 26.0 Å². The zero-order chi connectivity index (χ0) is 18.1. The molecule has 7 nitrogen and oxygen atoms in total. The van der Waals surface area contributed by atoms with Crippen molar-refractivity contribution in [2.75, 3.05) is 5.32 Å². The van der Waals surface area contributed by atoms with Gasteiger partial charge in [0.05, 0.1) is 16.1 Å². The van der Waals surface area contributed by atoms with E-state index in [0.717, 1.165) is 10.6 Å². The molecule has 3 rings (SSSR count). The highest BCUT2D eigenvalue weighted by Crippen LogP contribution is 2.32. The van der Waals surface area contributed by atoms with Crippen LogP contribution in [0.1, 0.15) is 27.6 Å². The topological polar surface area (TPSA) is 88.7 Å². The molecule has 0 aliphatic rings. The van der Waals surface area contributed by atoms with E-state index in [9.17, 15) is 4.79 Å². The molecule has 25 heavy (non-hydrogen) atoms. The van der Waals surface area contributed by atoms with E-state index < -0.39 is 0 Å². The van der Waals surface area contributed by atoms with Crippen LogP contribution in [0.3, 0.4) is 0 Å². The summed E-state index contributed by atoms with van der Waals surface area (Å²) >= 11 is 6.58. The van der Waals surface area contributed by atoms with Crippen LogP contribution in [0.5, 0.6) is 0 Å². The normalized spacial score (nSPS) is 10.8. The number of hydrogen-bond acceptors (Lipinski definition) is 6. The minimum atomic E-state index is -0.250. The number of rotatable bonds is 5. The van der Waals surface area contributed by atoms with Crippen LogP contribution in [0, 0.1) is 25.5 Å². The Morgan fingerprint density at radius 3 is 2.92 bits per heavy atom. The minimum Gasteiger partial charge on any atom is -0.466 e. The van der Waals surface area contributed by atoms with Gasteiger partial charge in [-0.05, 0) is 39.1 Å². The van der Waals surface area contributed by atoms with Gasteiger partial charge in [-0.25, -0.2) is 4.98 Å². The summed E-state index contributed by atoms with van der Waals surface area (Å²) in [5.41, 5.74) is 1.26. The Kier molecular flexibility index (Phi) is 4.69. The summed E-state index contributed by atoms with van der Waals surface area (Å²) in [5, 5.41) is 10.4. The third-order valence-corrected chi connectivity index (χ3v) is 4.96. The maximum absolute atomic E-state index is 12.4. The zero-order valence-corrected chi connectivity index (χ0v) is 15.7. The second-order valence-electron chi connectivity index (χ2n) is 5.47. The lowest BCUT2D eigenvalue weighted by atomic mass is 10.2. The number of nitrogens with one attached hydrogen (secondary N) is 2. The molecular formula is C16H17N5O2S2. The number of anilines is 1. The zero-order valence-electron chi connectivity index (χ0n) is 14.0. The lowest BCUT2D eigenvalue weighted by Gasteiger charge is -2.01. The van der Waals surface area contributed by atoms with Crippen molar-refractivity contribution in [1.29, 1.82) is 0 Å². The highest BCUT2D eigenvalue weighted by Gasteiger charge is 2.19. The highest BCUT2D eigenvalue weighted by atomic mass is 32.1. The van der Waals surface area contributed by atoms with Crippen molar-refractivity contribution in [3.63, 3.8) is 0 Å². The predicted molar refractivity (Wildman–Crippen MR) is 99.6 cm³/mol. The lowest BCUT2D eigenvalue weighted by molar-refractivity contribution is 0.102. The summed E-state index contributed by atoms with van der Waals surface area (Å²) in [5.74, 6) is 1.70. The lowest BCUT2D eigenvalue weighted by Crippen LogP contribution is -2.11. The molecule has 0 fully saturated rings. The molecule has 0 unspecified atom stereocenters. The second-order valence-corrected chi connectivity index (χ2v) is 6.85. The van der Waals surface area contributed by atoms with Crippen molar-refractivity contribution >= 4 is 34.6 Å². The van der Waals surface area contributed by atoms with Gasteiger partial charge in [-0.1, -0.05) is 17.4 Å². The third kappa shape index (κ3) is 3.33. The van der Waals surface area contributed by atoms with E-state index in [0.29, 0.717) is 39.4 Å². The number of carbonyl (C=O) groups is 1. The molecule has 0 bridgehead atoms. The first-order chi connectivity index (χ1) is 11.9. The molecule has 130 valence electrons. The number of allylic oxidation sites excluding steroid dienone is 1. The van der Waals surface area contributed by atoms with E-state index in [4.69, 9.17) is 16.6 Å². The van der Waals surface area contributed by atoms with Crippen LogP contribution in [0.2, 0.25) is 0 Å². The van der Waals surface area contributed by atoms with Gasteiger partial charge in [0, 0.05) is 6.54 Å². The Hall–Kier alpha value is -2.52. The monoisotopic (exact) mass is 375 g/mol. The van der Waals surface area contributed by atoms with Gasteiger partial charge in [0.2, 0.25) is 0 Å². The van der Waals surface area contributed by atoms with Gasteiger partial charge in [-0.3, -0.25) is 19.8 Å². The number of nitrogens with zero attached hydrogens (tertiary/aromatic N) is 3. The molecule has 2 N–H and O–H groups in total. The van der Waals surface area contributed by atoms with E-state index in [-0.39, 0.29) is 5.91 Å². The first-order valence-electron chi connectivity index (χ1n) is 7.53. The van der Waals surface area contributed by atoms with Crippen molar-refractivity contribution in [2.45, 2.75) is 27.3 Å². The maximum Gasteiger partial charge on any atom is 0.260 e. The van der Waals surface area contributed by atoms with Crippen LogP contribution < -0.4 is 5.32 Å². The average Bonchev–Trinajstić information content (AvgIpc) is 3.19. The van der Waals surface area contributed by atoms with Gasteiger partial charge >= 0.3 is 0 Å². The molecule has 0 spiro atoms. The van der Waals surface area contributed by atoms with Crippen LogP contribution in [-0.4, -0.2) is 25.7 Å². The number of carbonyl (C=O) groups excluding carboxylic acids is 1. The highest BCUT2D eigenvalue weighted by molar-refractivity contribution is 7.71. The largest absolute Gasteiger partial charge is 0.466 e. The number of hydrogen-bond donors (Lipinski definition) is 2. The number of furan rings is 1. The van der Waals surface area contributed by atoms with Gasteiger partial charge in [0.25, 0.3) is 5.91 Å². The summed E-state index contributed by atoms with van der Waals surface area (Å²) in [6.07, 6.45) is 1.75. The fourth-order valence-corrected chi connectivity index (χ4v) is 3.63. The molecule has 0 aromatic carbocycles. The molecular weight excluding hydrogens is 358 g/mol. The summed E-state index contributed by atoms with van der Waals surface area (Å²) in [7, 11) is 0. The van der Waals surface area contributed by atoms with Crippen LogP contribution in [0.25, 0.3) is 10.7 Å².